The van der Waals surface area contributed by atoms with Gasteiger partial charge < -0.3 is 25.4 Å². The molecule has 5 rings (SSSR count). The molecule has 3 fully saturated rings. The number of carbonyl (C=O) groups excluding carboxylic acids is 3. The van der Waals surface area contributed by atoms with Gasteiger partial charge in [0.15, 0.2) is 0 Å². The van der Waals surface area contributed by atoms with Crippen LogP contribution in [0.5, 0.6) is 11.5 Å². The number of carbonyl (C=O) groups is 3. The molecule has 0 bridgehead atoms. The lowest BCUT2D eigenvalue weighted by atomic mass is 9.79. The summed E-state index contributed by atoms with van der Waals surface area (Å²) in [6.07, 6.45) is 3.82. The van der Waals surface area contributed by atoms with Gasteiger partial charge in [0, 0.05) is 38.8 Å². The molecule has 3 aliphatic rings. The monoisotopic (exact) mass is 644 g/mol. The van der Waals surface area contributed by atoms with Gasteiger partial charge in [-0.15, -0.1) is 12.4 Å². The highest BCUT2D eigenvalue weighted by Gasteiger charge is 2.55. The van der Waals surface area contributed by atoms with E-state index in [0.717, 1.165) is 49.3 Å². The number of likely N-dealkylation sites (tertiary alicyclic amines) is 1. The quantitative estimate of drug-likeness (QED) is 0.355. The van der Waals surface area contributed by atoms with Crippen LogP contribution in [-0.4, -0.2) is 88.5 Å². The third kappa shape index (κ3) is 7.53. The molecule has 3 N–H and O–H groups in total. The molecule has 0 radical (unpaired) electrons. The molecule has 2 aromatic carbocycles. The molecule has 3 aliphatic heterocycles. The van der Waals surface area contributed by atoms with Gasteiger partial charge in [0.05, 0.1) is 6.10 Å². The minimum Gasteiger partial charge on any atom is -0.457 e. The molecule has 0 saturated carbocycles. The number of amides is 3. The zero-order valence-corrected chi connectivity index (χ0v) is 27.3. The Bertz CT molecular complexity index is 1260. The summed E-state index contributed by atoms with van der Waals surface area (Å²) in [5, 5.41) is 16.8. The molecule has 11 heteroatoms. The molecule has 44 heavy (non-hydrogen) atoms. The summed E-state index contributed by atoms with van der Waals surface area (Å²) in [6, 6.07) is 14.1. The topological polar surface area (TPSA) is 111 Å². The largest absolute Gasteiger partial charge is 0.457 e. The fraction of sp³-hybridized carbons (Fsp3) is 0.545. The van der Waals surface area contributed by atoms with E-state index in [2.05, 4.69) is 22.5 Å². The van der Waals surface area contributed by atoms with Crippen LogP contribution in [0.25, 0.3) is 0 Å². The summed E-state index contributed by atoms with van der Waals surface area (Å²) in [4.78, 5) is 43.5. The van der Waals surface area contributed by atoms with Crippen molar-refractivity contribution in [1.82, 2.24) is 20.4 Å². The van der Waals surface area contributed by atoms with E-state index in [1.165, 1.54) is 0 Å². The van der Waals surface area contributed by atoms with Crippen LogP contribution >= 0.6 is 24.2 Å². The van der Waals surface area contributed by atoms with E-state index in [1.54, 1.807) is 31.3 Å². The molecule has 1 spiro atoms. The zero-order chi connectivity index (χ0) is 30.4. The van der Waals surface area contributed by atoms with Gasteiger partial charge in [0.1, 0.15) is 23.1 Å². The Morgan fingerprint density at radius 3 is 2.27 bits per heavy atom. The second kappa shape index (κ2) is 15.5. The lowest BCUT2D eigenvalue weighted by Crippen LogP contribution is -2.75. The van der Waals surface area contributed by atoms with Crippen molar-refractivity contribution < 1.29 is 24.2 Å². The average Bonchev–Trinajstić information content (AvgIpc) is 3.04. The third-order valence-corrected chi connectivity index (χ3v) is 10.2. The number of piperazine rings is 1. The van der Waals surface area contributed by atoms with Gasteiger partial charge >= 0.3 is 0 Å². The van der Waals surface area contributed by atoms with Crippen LogP contribution in [0, 0.1) is 5.92 Å². The number of nitrogens with zero attached hydrogens (tertiary/aromatic N) is 2. The molecular formula is C33H45ClN4O5S. The molecule has 0 unspecified atom stereocenters. The molecule has 9 nitrogen and oxygen atoms in total. The smallest absolute Gasteiger partial charge is 0.251 e. The Balaban J connectivity index is 0.00000442. The minimum absolute atomic E-state index is 0. The number of ether oxygens (including phenoxy) is 1. The van der Waals surface area contributed by atoms with Crippen molar-refractivity contribution in [3.63, 3.8) is 0 Å². The molecule has 2 atom stereocenters. The lowest BCUT2D eigenvalue weighted by molar-refractivity contribution is -0.165. The van der Waals surface area contributed by atoms with Crippen LogP contribution in [0.4, 0.5) is 0 Å². The molecule has 240 valence electrons. The molecule has 0 aliphatic carbocycles. The van der Waals surface area contributed by atoms with E-state index in [9.17, 15) is 19.5 Å². The highest BCUT2D eigenvalue weighted by Crippen LogP contribution is 2.36. The van der Waals surface area contributed by atoms with Crippen LogP contribution in [0.1, 0.15) is 61.4 Å². The lowest BCUT2D eigenvalue weighted by Gasteiger charge is -2.52. The Hall–Kier alpha value is -2.79. The second-order valence-electron chi connectivity index (χ2n) is 11.9. The van der Waals surface area contributed by atoms with E-state index >= 15 is 0 Å². The van der Waals surface area contributed by atoms with E-state index in [0.29, 0.717) is 49.5 Å². The van der Waals surface area contributed by atoms with E-state index in [4.69, 9.17) is 4.74 Å². The van der Waals surface area contributed by atoms with Crippen molar-refractivity contribution >= 4 is 41.9 Å². The van der Waals surface area contributed by atoms with E-state index < -0.39 is 17.7 Å². The summed E-state index contributed by atoms with van der Waals surface area (Å²) in [6.45, 7) is 4.78. The van der Waals surface area contributed by atoms with Gasteiger partial charge in [0.25, 0.3) is 5.91 Å². The summed E-state index contributed by atoms with van der Waals surface area (Å²) in [5.74, 6) is 3.02. The Kier molecular flexibility index (Phi) is 12.0. The van der Waals surface area contributed by atoms with E-state index in [-0.39, 0.29) is 36.0 Å². The fourth-order valence-corrected chi connectivity index (χ4v) is 7.64. The first kappa shape index (κ1) is 34.1. The number of unbranched alkanes of at least 4 members (excludes halogenated alkanes) is 1. The molecular weight excluding hydrogens is 600 g/mol. The van der Waals surface area contributed by atoms with Gasteiger partial charge in [-0.3, -0.25) is 19.3 Å². The maximum Gasteiger partial charge on any atom is 0.251 e. The number of nitrogens with one attached hydrogen (secondary N) is 2. The first-order valence-electron chi connectivity index (χ1n) is 15.5. The molecule has 0 aromatic heterocycles. The third-order valence-electron chi connectivity index (χ3n) is 9.18. The number of halogens is 1. The number of thioether (sulfide) groups is 1. The Morgan fingerprint density at radius 2 is 1.68 bits per heavy atom. The standard InChI is InChI=1S/C33H44N4O5S.ClH/c1-3-4-17-37-31(40)28(29(38)24-13-20-43-21-14-24)35-32(41)33(37)15-18-36(19-16-33)22-23-5-9-26(10-6-23)42-27-11-7-25(8-12-27)30(39)34-2;/h5-12,24,28-29,38H,3-4,13-22H2,1-2H3,(H,34,39)(H,35,41);1H/t28-,29-;/m1./s1. The molecule has 3 heterocycles. The normalized spacial score (nSPS) is 21.3. The molecule has 3 saturated heterocycles. The zero-order valence-electron chi connectivity index (χ0n) is 25.6. The Labute approximate surface area is 270 Å². The van der Waals surface area contributed by atoms with Gasteiger partial charge in [0.2, 0.25) is 11.8 Å². The van der Waals surface area contributed by atoms with Crippen LogP contribution in [0.2, 0.25) is 0 Å². The summed E-state index contributed by atoms with van der Waals surface area (Å²) in [5.41, 5.74) is 0.860. The van der Waals surface area contributed by atoms with Gasteiger partial charge in [-0.2, -0.15) is 11.8 Å². The minimum atomic E-state index is -0.855. The number of piperidine rings is 1. The molecule has 3 amide bonds. The number of aliphatic hydroxyl groups is 1. The first-order chi connectivity index (χ1) is 20.8. The highest BCUT2D eigenvalue weighted by molar-refractivity contribution is 7.99. The highest BCUT2D eigenvalue weighted by atomic mass is 35.5. The van der Waals surface area contributed by atoms with Crippen LogP contribution < -0.4 is 15.4 Å². The average molecular weight is 645 g/mol. The van der Waals surface area contributed by atoms with Gasteiger partial charge in [-0.1, -0.05) is 25.5 Å². The summed E-state index contributed by atoms with van der Waals surface area (Å²) < 4.78 is 5.95. The summed E-state index contributed by atoms with van der Waals surface area (Å²) >= 11 is 1.88. The number of hydrogen-bond donors (Lipinski definition) is 3. The van der Waals surface area contributed by atoms with E-state index in [1.807, 2.05) is 40.9 Å². The van der Waals surface area contributed by atoms with Crippen molar-refractivity contribution in [2.45, 2.75) is 69.7 Å². The van der Waals surface area contributed by atoms with Crippen molar-refractivity contribution in [2.24, 2.45) is 5.92 Å². The van der Waals surface area contributed by atoms with Crippen LogP contribution in [0.15, 0.2) is 48.5 Å². The Morgan fingerprint density at radius 1 is 1.07 bits per heavy atom. The fourth-order valence-electron chi connectivity index (χ4n) is 6.49. The predicted octanol–water partition coefficient (Wildman–Crippen LogP) is 4.23. The SMILES string of the molecule is CCCCN1C(=O)[C@@H]([C@H](O)C2CCSCC2)NC(=O)C12CCN(Cc1ccc(Oc3ccc(C(=O)NC)cc3)cc1)CC2.Cl. The van der Waals surface area contributed by atoms with Gasteiger partial charge in [-0.25, -0.2) is 0 Å². The van der Waals surface area contributed by atoms with Crippen LogP contribution in [-0.2, 0) is 16.1 Å². The number of aliphatic hydroxyl groups excluding tert-OH is 1. The molecule has 2 aromatic rings. The second-order valence-corrected chi connectivity index (χ2v) is 13.1. The maximum absolute atomic E-state index is 13.8. The number of rotatable bonds is 10. The number of benzene rings is 2. The first-order valence-corrected chi connectivity index (χ1v) is 16.7. The van der Waals surface area contributed by atoms with Crippen LogP contribution in [0.3, 0.4) is 0 Å². The predicted molar refractivity (Wildman–Crippen MR) is 175 cm³/mol. The maximum atomic E-state index is 13.8. The van der Waals surface area contributed by atoms with Crippen molar-refractivity contribution in [2.75, 3.05) is 38.2 Å². The van der Waals surface area contributed by atoms with Gasteiger partial charge in [-0.05, 0) is 91.5 Å². The number of hydrogen-bond acceptors (Lipinski definition) is 7. The van der Waals surface area contributed by atoms with Crippen molar-refractivity contribution in [3.05, 3.63) is 59.7 Å². The van der Waals surface area contributed by atoms with Crippen molar-refractivity contribution in [3.8, 4) is 11.5 Å². The summed E-state index contributed by atoms with van der Waals surface area (Å²) in [7, 11) is 1.60. The van der Waals surface area contributed by atoms with Crippen molar-refractivity contribution in [1.29, 1.82) is 0 Å².